The Kier molecular flexibility index (Phi) is 6.44. The van der Waals surface area contributed by atoms with Crippen molar-refractivity contribution in [3.05, 3.63) is 58.9 Å². The molecule has 3 aromatic rings. The number of halogens is 1. The molecule has 2 heterocycles. The summed E-state index contributed by atoms with van der Waals surface area (Å²) in [6.45, 7) is 2.19. The first-order valence-electron chi connectivity index (χ1n) is 9.87. The van der Waals surface area contributed by atoms with Crippen LogP contribution >= 0.6 is 15.9 Å². The van der Waals surface area contributed by atoms with Crippen LogP contribution in [0.4, 0.5) is 5.69 Å². The molecule has 0 saturated carbocycles. The molecular weight excluding hydrogens is 448 g/mol. The average Bonchev–Trinajstić information content (AvgIpc) is 3.23. The number of hydrogen-bond acceptors (Lipinski definition) is 6. The quantitative estimate of drug-likeness (QED) is 0.576. The van der Waals surface area contributed by atoms with E-state index in [2.05, 4.69) is 36.3 Å². The van der Waals surface area contributed by atoms with Crippen LogP contribution in [-0.4, -0.2) is 41.2 Å². The van der Waals surface area contributed by atoms with Crippen LogP contribution in [0.5, 0.6) is 5.75 Å². The van der Waals surface area contributed by atoms with E-state index in [1.165, 1.54) is 0 Å². The lowest BCUT2D eigenvalue weighted by molar-refractivity contribution is -0.121. The highest BCUT2D eigenvalue weighted by molar-refractivity contribution is 9.10. The Balaban J connectivity index is 1.30. The second-order valence-corrected chi connectivity index (χ2v) is 8.17. The van der Waals surface area contributed by atoms with E-state index in [1.54, 1.807) is 7.11 Å². The summed E-state index contributed by atoms with van der Waals surface area (Å²) in [6.07, 6.45) is 1.57. The van der Waals surface area contributed by atoms with Gasteiger partial charge in [0, 0.05) is 16.0 Å². The van der Waals surface area contributed by atoms with Crippen molar-refractivity contribution in [1.82, 2.24) is 15.1 Å². The number of carbonyl (C=O) groups is 1. The largest absolute Gasteiger partial charge is 0.495 e. The summed E-state index contributed by atoms with van der Waals surface area (Å²) in [6, 6.07) is 15.2. The minimum atomic E-state index is -0.0222. The van der Waals surface area contributed by atoms with Gasteiger partial charge in [0.1, 0.15) is 5.75 Å². The standard InChI is InChI=1S/C22H23BrN4O3/c1-29-19-8-3-2-7-18(19)24-21(28)15-9-11-27(12-10-15)14-20-25-26-22(30-20)16-5-4-6-17(23)13-16/h2-8,13,15H,9-12,14H2,1H3,(H,24,28). The van der Waals surface area contributed by atoms with Crippen molar-refractivity contribution in [2.45, 2.75) is 19.4 Å². The number of nitrogens with one attached hydrogen (secondary N) is 1. The topological polar surface area (TPSA) is 80.5 Å². The van der Waals surface area contributed by atoms with E-state index in [4.69, 9.17) is 9.15 Å². The maximum Gasteiger partial charge on any atom is 0.247 e. The number of amides is 1. The summed E-state index contributed by atoms with van der Waals surface area (Å²) in [5.41, 5.74) is 1.59. The number of methoxy groups -OCH3 is 1. The molecule has 1 fully saturated rings. The number of hydrogen-bond donors (Lipinski definition) is 1. The molecule has 7 nitrogen and oxygen atoms in total. The Morgan fingerprint density at radius 2 is 2.00 bits per heavy atom. The van der Waals surface area contributed by atoms with Gasteiger partial charge in [0.25, 0.3) is 0 Å². The fourth-order valence-electron chi connectivity index (χ4n) is 3.58. The molecule has 0 atom stereocenters. The number of benzene rings is 2. The van der Waals surface area contributed by atoms with E-state index >= 15 is 0 Å². The lowest BCUT2D eigenvalue weighted by atomic mass is 9.96. The minimum absolute atomic E-state index is 0.0222. The lowest BCUT2D eigenvalue weighted by Gasteiger charge is -2.30. The molecule has 156 valence electrons. The third kappa shape index (κ3) is 4.88. The summed E-state index contributed by atoms with van der Waals surface area (Å²) in [5.74, 6) is 1.78. The molecule has 1 aliphatic heterocycles. The molecule has 0 unspecified atom stereocenters. The van der Waals surface area contributed by atoms with Gasteiger partial charge in [-0.05, 0) is 56.3 Å². The van der Waals surface area contributed by atoms with E-state index in [-0.39, 0.29) is 11.8 Å². The molecule has 0 radical (unpaired) electrons. The Morgan fingerprint density at radius 1 is 1.20 bits per heavy atom. The fraction of sp³-hybridized carbons (Fsp3) is 0.318. The predicted octanol–water partition coefficient (Wildman–Crippen LogP) is 4.36. The molecule has 0 bridgehead atoms. The third-order valence-electron chi connectivity index (χ3n) is 5.22. The van der Waals surface area contributed by atoms with E-state index in [0.717, 1.165) is 36.0 Å². The number of ether oxygens (including phenoxy) is 1. The highest BCUT2D eigenvalue weighted by Gasteiger charge is 2.26. The van der Waals surface area contributed by atoms with Crippen molar-refractivity contribution in [3.63, 3.8) is 0 Å². The molecule has 0 spiro atoms. The number of carbonyl (C=O) groups excluding carboxylic acids is 1. The predicted molar refractivity (Wildman–Crippen MR) is 117 cm³/mol. The monoisotopic (exact) mass is 470 g/mol. The van der Waals surface area contributed by atoms with Crippen molar-refractivity contribution in [2.24, 2.45) is 5.92 Å². The molecule has 30 heavy (non-hydrogen) atoms. The Bertz CT molecular complexity index is 1010. The van der Waals surface area contributed by atoms with Gasteiger partial charge in [-0.3, -0.25) is 9.69 Å². The van der Waals surface area contributed by atoms with Crippen molar-refractivity contribution in [2.75, 3.05) is 25.5 Å². The zero-order chi connectivity index (χ0) is 20.9. The minimum Gasteiger partial charge on any atom is -0.495 e. The summed E-state index contributed by atoms with van der Waals surface area (Å²) in [5, 5.41) is 11.3. The summed E-state index contributed by atoms with van der Waals surface area (Å²) < 4.78 is 12.1. The number of likely N-dealkylation sites (tertiary alicyclic amines) is 1. The van der Waals surface area contributed by atoms with Gasteiger partial charge in [-0.1, -0.05) is 34.1 Å². The van der Waals surface area contributed by atoms with E-state index < -0.39 is 0 Å². The number of aromatic nitrogens is 2. The van der Waals surface area contributed by atoms with Crippen LogP contribution < -0.4 is 10.1 Å². The normalized spacial score (nSPS) is 15.1. The maximum atomic E-state index is 12.7. The van der Waals surface area contributed by atoms with Crippen LogP contribution in [0.1, 0.15) is 18.7 Å². The molecule has 1 N–H and O–H groups in total. The zero-order valence-electron chi connectivity index (χ0n) is 16.7. The molecule has 1 aromatic heterocycles. The number of para-hydroxylation sites is 2. The number of nitrogens with zero attached hydrogens (tertiary/aromatic N) is 3. The molecule has 8 heteroatoms. The highest BCUT2D eigenvalue weighted by Crippen LogP contribution is 2.27. The Labute approximate surface area is 183 Å². The maximum absolute atomic E-state index is 12.7. The lowest BCUT2D eigenvalue weighted by Crippen LogP contribution is -2.37. The molecule has 1 aliphatic rings. The van der Waals surface area contributed by atoms with Crippen LogP contribution in [0.15, 0.2) is 57.4 Å². The van der Waals surface area contributed by atoms with Gasteiger partial charge in [-0.25, -0.2) is 0 Å². The zero-order valence-corrected chi connectivity index (χ0v) is 18.3. The van der Waals surface area contributed by atoms with Crippen LogP contribution in [0.25, 0.3) is 11.5 Å². The van der Waals surface area contributed by atoms with Gasteiger partial charge in [0.05, 0.1) is 19.3 Å². The number of piperidine rings is 1. The second-order valence-electron chi connectivity index (χ2n) is 7.25. The van der Waals surface area contributed by atoms with Crippen LogP contribution in [0.3, 0.4) is 0 Å². The van der Waals surface area contributed by atoms with Crippen molar-refractivity contribution in [3.8, 4) is 17.2 Å². The first-order chi connectivity index (χ1) is 14.6. The van der Waals surface area contributed by atoms with Gasteiger partial charge >= 0.3 is 0 Å². The second kappa shape index (κ2) is 9.40. The Hall–Kier alpha value is -2.71. The summed E-state index contributed by atoms with van der Waals surface area (Å²) in [4.78, 5) is 14.9. The van der Waals surface area contributed by atoms with Crippen LogP contribution in [-0.2, 0) is 11.3 Å². The van der Waals surface area contributed by atoms with Crippen LogP contribution in [0.2, 0.25) is 0 Å². The van der Waals surface area contributed by atoms with Crippen LogP contribution in [0, 0.1) is 5.92 Å². The fourth-order valence-corrected chi connectivity index (χ4v) is 3.98. The van der Waals surface area contributed by atoms with E-state index in [1.807, 2.05) is 48.5 Å². The van der Waals surface area contributed by atoms with Gasteiger partial charge in [-0.2, -0.15) is 0 Å². The average molecular weight is 471 g/mol. The molecule has 1 amide bonds. The van der Waals surface area contributed by atoms with Gasteiger partial charge in [0.2, 0.25) is 17.7 Å². The Morgan fingerprint density at radius 3 is 2.77 bits per heavy atom. The molecule has 1 saturated heterocycles. The summed E-state index contributed by atoms with van der Waals surface area (Å²) in [7, 11) is 1.60. The molecule has 4 rings (SSSR count). The molecule has 0 aliphatic carbocycles. The SMILES string of the molecule is COc1ccccc1NC(=O)C1CCN(Cc2nnc(-c3cccc(Br)c3)o2)CC1. The van der Waals surface area contributed by atoms with E-state index in [0.29, 0.717) is 29.8 Å². The third-order valence-corrected chi connectivity index (χ3v) is 5.71. The van der Waals surface area contributed by atoms with Gasteiger partial charge < -0.3 is 14.5 Å². The summed E-state index contributed by atoms with van der Waals surface area (Å²) >= 11 is 3.45. The molecule has 2 aromatic carbocycles. The first-order valence-corrected chi connectivity index (χ1v) is 10.7. The highest BCUT2D eigenvalue weighted by atomic mass is 79.9. The molecular formula is C22H23BrN4O3. The van der Waals surface area contributed by atoms with Crippen molar-refractivity contribution < 1.29 is 13.9 Å². The number of anilines is 1. The number of rotatable bonds is 6. The van der Waals surface area contributed by atoms with Crippen molar-refractivity contribution in [1.29, 1.82) is 0 Å². The smallest absolute Gasteiger partial charge is 0.247 e. The van der Waals surface area contributed by atoms with E-state index in [9.17, 15) is 4.79 Å². The first kappa shape index (κ1) is 20.6. The van der Waals surface area contributed by atoms with Gasteiger partial charge in [0.15, 0.2) is 0 Å². The van der Waals surface area contributed by atoms with Gasteiger partial charge in [-0.15, -0.1) is 10.2 Å². The van der Waals surface area contributed by atoms with Crippen molar-refractivity contribution >= 4 is 27.5 Å².